The number of nitrogens with zero attached hydrogens (tertiary/aromatic N) is 2. The molecule has 4 nitrogen and oxygen atoms in total. The lowest BCUT2D eigenvalue weighted by atomic mass is 10.1. The van der Waals surface area contributed by atoms with Crippen molar-refractivity contribution >= 4 is 16.7 Å². The number of piperidine rings is 1. The number of anilines is 1. The number of aromatic nitrogens is 1. The summed E-state index contributed by atoms with van der Waals surface area (Å²) in [5.41, 5.74) is 2.32. The first-order valence-electron chi connectivity index (χ1n) is 7.63. The van der Waals surface area contributed by atoms with Gasteiger partial charge in [-0.05, 0) is 32.0 Å². The Labute approximate surface area is 126 Å². The molecule has 0 radical (unpaired) electrons. The SMILES string of the molecule is CNCc1cc2ccccc2nc1N1CCCC(OC)C1. The number of para-hydroxylation sites is 1. The lowest BCUT2D eigenvalue weighted by Crippen LogP contribution is -2.40. The monoisotopic (exact) mass is 285 g/mol. The van der Waals surface area contributed by atoms with Gasteiger partial charge >= 0.3 is 0 Å². The largest absolute Gasteiger partial charge is 0.380 e. The summed E-state index contributed by atoms with van der Waals surface area (Å²) in [4.78, 5) is 7.29. The second-order valence-electron chi connectivity index (χ2n) is 5.64. The molecule has 0 bridgehead atoms. The van der Waals surface area contributed by atoms with E-state index in [4.69, 9.17) is 9.72 Å². The van der Waals surface area contributed by atoms with Crippen molar-refractivity contribution in [1.29, 1.82) is 0 Å². The Kier molecular flexibility index (Phi) is 4.36. The third-order valence-corrected chi connectivity index (χ3v) is 4.16. The highest BCUT2D eigenvalue weighted by atomic mass is 16.5. The first-order chi connectivity index (χ1) is 10.3. The van der Waals surface area contributed by atoms with E-state index in [2.05, 4.69) is 34.5 Å². The van der Waals surface area contributed by atoms with E-state index in [0.717, 1.165) is 43.8 Å². The van der Waals surface area contributed by atoms with Crippen LogP contribution in [-0.4, -0.2) is 38.3 Å². The molecular weight excluding hydrogens is 262 g/mol. The van der Waals surface area contributed by atoms with Gasteiger partial charge in [-0.25, -0.2) is 4.98 Å². The van der Waals surface area contributed by atoms with E-state index in [1.807, 2.05) is 13.1 Å². The van der Waals surface area contributed by atoms with Gasteiger partial charge in [0.05, 0.1) is 11.6 Å². The second kappa shape index (κ2) is 6.41. The van der Waals surface area contributed by atoms with E-state index < -0.39 is 0 Å². The lowest BCUT2D eigenvalue weighted by molar-refractivity contribution is 0.0891. The molecule has 2 heterocycles. The number of nitrogens with one attached hydrogen (secondary N) is 1. The molecule has 1 fully saturated rings. The van der Waals surface area contributed by atoms with Crippen LogP contribution in [0.5, 0.6) is 0 Å². The average molecular weight is 285 g/mol. The van der Waals surface area contributed by atoms with Crippen molar-refractivity contribution < 1.29 is 4.74 Å². The minimum Gasteiger partial charge on any atom is -0.380 e. The van der Waals surface area contributed by atoms with Gasteiger partial charge in [0, 0.05) is 37.7 Å². The highest BCUT2D eigenvalue weighted by Crippen LogP contribution is 2.26. The third-order valence-electron chi connectivity index (χ3n) is 4.16. The zero-order valence-corrected chi connectivity index (χ0v) is 12.8. The molecule has 112 valence electrons. The van der Waals surface area contributed by atoms with Gasteiger partial charge in [-0.3, -0.25) is 0 Å². The minimum atomic E-state index is 0.314. The zero-order valence-electron chi connectivity index (χ0n) is 12.8. The lowest BCUT2D eigenvalue weighted by Gasteiger charge is -2.34. The van der Waals surface area contributed by atoms with Crippen LogP contribution in [0.1, 0.15) is 18.4 Å². The van der Waals surface area contributed by atoms with Crippen molar-refractivity contribution in [2.45, 2.75) is 25.5 Å². The van der Waals surface area contributed by atoms with Gasteiger partial charge in [0.2, 0.25) is 0 Å². The first kappa shape index (κ1) is 14.3. The van der Waals surface area contributed by atoms with E-state index in [9.17, 15) is 0 Å². The average Bonchev–Trinajstić information content (AvgIpc) is 2.54. The van der Waals surface area contributed by atoms with E-state index in [1.54, 1.807) is 7.11 Å². The Hall–Kier alpha value is -1.65. The highest BCUT2D eigenvalue weighted by molar-refractivity contribution is 5.81. The number of rotatable bonds is 4. The molecule has 21 heavy (non-hydrogen) atoms. The molecule has 1 unspecified atom stereocenters. The molecule has 1 saturated heterocycles. The summed E-state index contributed by atoms with van der Waals surface area (Å²) < 4.78 is 5.55. The van der Waals surface area contributed by atoms with Crippen LogP contribution in [0, 0.1) is 0 Å². The van der Waals surface area contributed by atoms with Crippen LogP contribution in [0.15, 0.2) is 30.3 Å². The van der Waals surface area contributed by atoms with Crippen LogP contribution >= 0.6 is 0 Å². The molecular formula is C17H23N3O. The van der Waals surface area contributed by atoms with Crippen LogP contribution in [0.2, 0.25) is 0 Å². The van der Waals surface area contributed by atoms with Gasteiger partial charge in [-0.15, -0.1) is 0 Å². The molecule has 3 rings (SSSR count). The number of hydrogen-bond acceptors (Lipinski definition) is 4. The number of ether oxygens (including phenoxy) is 1. The molecule has 1 aromatic carbocycles. The number of methoxy groups -OCH3 is 1. The molecule has 2 aromatic rings. The summed E-state index contributed by atoms with van der Waals surface area (Å²) in [7, 11) is 3.78. The smallest absolute Gasteiger partial charge is 0.133 e. The molecule has 4 heteroatoms. The van der Waals surface area contributed by atoms with Gasteiger partial charge in [-0.1, -0.05) is 18.2 Å². The second-order valence-corrected chi connectivity index (χ2v) is 5.64. The normalized spacial score (nSPS) is 19.1. The van der Waals surface area contributed by atoms with Gasteiger partial charge in [0.15, 0.2) is 0 Å². The molecule has 1 N–H and O–H groups in total. The molecule has 0 spiro atoms. The Bertz CT molecular complexity index is 614. The maximum Gasteiger partial charge on any atom is 0.133 e. The van der Waals surface area contributed by atoms with Gasteiger partial charge in [0.25, 0.3) is 0 Å². The first-order valence-corrected chi connectivity index (χ1v) is 7.63. The number of fused-ring (bicyclic) bond motifs is 1. The third kappa shape index (κ3) is 3.01. The highest BCUT2D eigenvalue weighted by Gasteiger charge is 2.22. The van der Waals surface area contributed by atoms with Crippen molar-refractivity contribution in [1.82, 2.24) is 10.3 Å². The summed E-state index contributed by atoms with van der Waals surface area (Å²) in [5.74, 6) is 1.10. The number of benzene rings is 1. The van der Waals surface area contributed by atoms with Crippen LogP contribution in [-0.2, 0) is 11.3 Å². The minimum absolute atomic E-state index is 0.314. The predicted octanol–water partition coefficient (Wildman–Crippen LogP) is 2.57. The zero-order chi connectivity index (χ0) is 14.7. The van der Waals surface area contributed by atoms with E-state index in [1.165, 1.54) is 10.9 Å². The molecule has 0 aliphatic carbocycles. The van der Waals surface area contributed by atoms with E-state index in [0.29, 0.717) is 6.10 Å². The predicted molar refractivity (Wildman–Crippen MR) is 86.8 cm³/mol. The topological polar surface area (TPSA) is 37.4 Å². The molecule has 1 aliphatic heterocycles. The summed E-state index contributed by atoms with van der Waals surface area (Å²) >= 11 is 0. The molecule has 1 atom stereocenters. The maximum absolute atomic E-state index is 5.55. The summed E-state index contributed by atoms with van der Waals surface area (Å²) in [5, 5.41) is 4.46. The molecule has 1 aromatic heterocycles. The standard InChI is InChI=1S/C17H23N3O/c1-18-11-14-10-13-6-3-4-8-16(13)19-17(14)20-9-5-7-15(12-20)21-2/h3-4,6,8,10,15,18H,5,7,9,11-12H2,1-2H3. The van der Waals surface area contributed by atoms with Crippen LogP contribution in [0.25, 0.3) is 10.9 Å². The quantitative estimate of drug-likeness (QED) is 0.937. The van der Waals surface area contributed by atoms with Gasteiger partial charge in [-0.2, -0.15) is 0 Å². The molecule has 1 aliphatic rings. The fraction of sp³-hybridized carbons (Fsp3) is 0.471. The van der Waals surface area contributed by atoms with E-state index in [-0.39, 0.29) is 0 Å². The Morgan fingerprint density at radius 3 is 3.05 bits per heavy atom. The Morgan fingerprint density at radius 2 is 2.24 bits per heavy atom. The summed E-state index contributed by atoms with van der Waals surface area (Å²) in [6, 6.07) is 10.6. The van der Waals surface area contributed by atoms with Crippen molar-refractivity contribution in [3.8, 4) is 0 Å². The fourth-order valence-corrected chi connectivity index (χ4v) is 3.07. The van der Waals surface area contributed by atoms with Gasteiger partial charge in [0.1, 0.15) is 5.82 Å². The van der Waals surface area contributed by atoms with Crippen LogP contribution in [0.3, 0.4) is 0 Å². The Morgan fingerprint density at radius 1 is 1.38 bits per heavy atom. The molecule has 0 saturated carbocycles. The Balaban J connectivity index is 2.00. The van der Waals surface area contributed by atoms with Crippen LogP contribution < -0.4 is 10.2 Å². The van der Waals surface area contributed by atoms with Crippen molar-refractivity contribution in [3.05, 3.63) is 35.9 Å². The fourth-order valence-electron chi connectivity index (χ4n) is 3.07. The maximum atomic E-state index is 5.55. The van der Waals surface area contributed by atoms with Crippen molar-refractivity contribution in [2.24, 2.45) is 0 Å². The molecule has 0 amide bonds. The van der Waals surface area contributed by atoms with Gasteiger partial charge < -0.3 is 15.0 Å². The van der Waals surface area contributed by atoms with E-state index >= 15 is 0 Å². The van der Waals surface area contributed by atoms with Crippen molar-refractivity contribution in [2.75, 3.05) is 32.1 Å². The summed E-state index contributed by atoms with van der Waals surface area (Å²) in [6.45, 7) is 2.82. The van der Waals surface area contributed by atoms with Crippen molar-refractivity contribution in [3.63, 3.8) is 0 Å². The summed E-state index contributed by atoms with van der Waals surface area (Å²) in [6.07, 6.45) is 2.61. The van der Waals surface area contributed by atoms with Crippen LogP contribution in [0.4, 0.5) is 5.82 Å². The number of hydrogen-bond donors (Lipinski definition) is 1. The number of pyridine rings is 1.